The summed E-state index contributed by atoms with van der Waals surface area (Å²) in [6.45, 7) is 5.79. The van der Waals surface area contributed by atoms with Crippen molar-refractivity contribution in [2.45, 2.75) is 31.6 Å². The van der Waals surface area contributed by atoms with Gasteiger partial charge in [-0.05, 0) is 37.4 Å². The zero-order chi connectivity index (χ0) is 16.4. The average Bonchev–Trinajstić information content (AvgIpc) is 2.89. The molecule has 1 amide bonds. The topological polar surface area (TPSA) is 80.5 Å². The van der Waals surface area contributed by atoms with Crippen molar-refractivity contribution in [3.05, 3.63) is 29.8 Å². The van der Waals surface area contributed by atoms with E-state index in [1.54, 1.807) is 29.2 Å². The Morgan fingerprint density at radius 3 is 2.50 bits per heavy atom. The third kappa shape index (κ3) is 3.87. The van der Waals surface area contributed by atoms with Crippen molar-refractivity contribution in [1.82, 2.24) is 4.90 Å². The van der Waals surface area contributed by atoms with E-state index in [9.17, 15) is 13.2 Å². The molecular weight excluding hydrogens is 300 g/mol. The number of carbonyl (C=O) groups is 1. The first-order valence-corrected chi connectivity index (χ1v) is 9.18. The molecule has 0 radical (unpaired) electrons. The predicted octanol–water partition coefficient (Wildman–Crippen LogP) is 1.36. The highest BCUT2D eigenvalue weighted by Crippen LogP contribution is 2.28. The summed E-state index contributed by atoms with van der Waals surface area (Å²) in [6, 6.07) is 6.72. The zero-order valence-corrected chi connectivity index (χ0v) is 14.0. The molecule has 1 atom stereocenters. The first-order chi connectivity index (χ1) is 10.3. The van der Waals surface area contributed by atoms with E-state index in [1.165, 1.54) is 0 Å². The standard InChI is InChI=1S/C16H24N2O3S/c1-13-3-5-14(6-4-13)22(20,21)10-7-15(19)18-9-8-16(2,11-17)12-18/h3-6H,7-12,17H2,1-2H3. The average molecular weight is 324 g/mol. The molecule has 122 valence electrons. The molecule has 1 unspecified atom stereocenters. The first-order valence-electron chi connectivity index (χ1n) is 7.53. The van der Waals surface area contributed by atoms with Crippen molar-refractivity contribution >= 4 is 15.7 Å². The van der Waals surface area contributed by atoms with Crippen molar-refractivity contribution in [3.63, 3.8) is 0 Å². The molecule has 0 bridgehead atoms. The summed E-state index contributed by atoms with van der Waals surface area (Å²) in [4.78, 5) is 14.2. The summed E-state index contributed by atoms with van der Waals surface area (Å²) in [5, 5.41) is 0. The van der Waals surface area contributed by atoms with Gasteiger partial charge in [0.25, 0.3) is 0 Å². The molecule has 5 nitrogen and oxygen atoms in total. The summed E-state index contributed by atoms with van der Waals surface area (Å²) in [6.07, 6.45) is 0.900. The molecule has 1 aromatic rings. The van der Waals surface area contributed by atoms with Gasteiger partial charge in [0, 0.05) is 19.5 Å². The van der Waals surface area contributed by atoms with Crippen LogP contribution in [0.3, 0.4) is 0 Å². The Balaban J connectivity index is 1.95. The van der Waals surface area contributed by atoms with Crippen molar-refractivity contribution in [3.8, 4) is 0 Å². The van der Waals surface area contributed by atoms with Crippen LogP contribution >= 0.6 is 0 Å². The summed E-state index contributed by atoms with van der Waals surface area (Å²) in [5.74, 6) is -0.252. The molecule has 0 aliphatic carbocycles. The first kappa shape index (κ1) is 17.0. The van der Waals surface area contributed by atoms with E-state index >= 15 is 0 Å². The van der Waals surface area contributed by atoms with Crippen LogP contribution in [0.1, 0.15) is 25.3 Å². The minimum Gasteiger partial charge on any atom is -0.342 e. The fourth-order valence-electron chi connectivity index (χ4n) is 2.65. The third-order valence-corrected chi connectivity index (χ3v) is 6.10. The second kappa shape index (κ2) is 6.38. The lowest BCUT2D eigenvalue weighted by atomic mass is 9.90. The van der Waals surface area contributed by atoms with Gasteiger partial charge >= 0.3 is 0 Å². The minimum absolute atomic E-state index is 0.0247. The fourth-order valence-corrected chi connectivity index (χ4v) is 3.88. The van der Waals surface area contributed by atoms with E-state index in [0.717, 1.165) is 12.0 Å². The lowest BCUT2D eigenvalue weighted by Gasteiger charge is -2.22. The molecule has 0 aromatic heterocycles. The van der Waals surface area contributed by atoms with E-state index < -0.39 is 9.84 Å². The van der Waals surface area contributed by atoms with Gasteiger partial charge in [-0.3, -0.25) is 4.79 Å². The molecule has 2 N–H and O–H groups in total. The molecule has 6 heteroatoms. The van der Waals surface area contributed by atoms with Gasteiger partial charge in [0.2, 0.25) is 5.91 Å². The second-order valence-electron chi connectivity index (χ2n) is 6.46. The number of rotatable bonds is 5. The maximum atomic E-state index is 12.3. The summed E-state index contributed by atoms with van der Waals surface area (Å²) < 4.78 is 24.5. The van der Waals surface area contributed by atoms with Gasteiger partial charge in [0.1, 0.15) is 0 Å². The summed E-state index contributed by atoms with van der Waals surface area (Å²) in [7, 11) is -3.41. The van der Waals surface area contributed by atoms with E-state index in [4.69, 9.17) is 5.73 Å². The van der Waals surface area contributed by atoms with Gasteiger partial charge in [-0.2, -0.15) is 0 Å². The Hall–Kier alpha value is -1.40. The maximum Gasteiger partial charge on any atom is 0.223 e. The van der Waals surface area contributed by atoms with Crippen molar-refractivity contribution in [1.29, 1.82) is 0 Å². The molecule has 1 fully saturated rings. The Labute approximate surface area is 132 Å². The smallest absolute Gasteiger partial charge is 0.223 e. The van der Waals surface area contributed by atoms with E-state index in [0.29, 0.717) is 19.6 Å². The molecular formula is C16H24N2O3S. The molecule has 2 rings (SSSR count). The number of hydrogen-bond donors (Lipinski definition) is 1. The molecule has 0 saturated carbocycles. The van der Waals surface area contributed by atoms with Gasteiger partial charge in [-0.25, -0.2) is 8.42 Å². The Kier molecular flexibility index (Phi) is 4.92. The van der Waals surface area contributed by atoms with Crippen molar-refractivity contribution in [2.75, 3.05) is 25.4 Å². The number of nitrogens with zero attached hydrogens (tertiary/aromatic N) is 1. The summed E-state index contributed by atoms with van der Waals surface area (Å²) in [5.41, 5.74) is 6.70. The largest absolute Gasteiger partial charge is 0.342 e. The number of amides is 1. The van der Waals surface area contributed by atoms with Crippen LogP contribution in [0.4, 0.5) is 0 Å². The number of benzene rings is 1. The number of likely N-dealkylation sites (tertiary alicyclic amines) is 1. The van der Waals surface area contributed by atoms with Crippen LogP contribution in [0.25, 0.3) is 0 Å². The Bertz CT molecular complexity index is 640. The SMILES string of the molecule is Cc1ccc(S(=O)(=O)CCC(=O)N2CCC(C)(CN)C2)cc1. The molecule has 1 aromatic carbocycles. The highest BCUT2D eigenvalue weighted by molar-refractivity contribution is 7.91. The summed E-state index contributed by atoms with van der Waals surface area (Å²) >= 11 is 0. The normalized spacial score (nSPS) is 22.0. The monoisotopic (exact) mass is 324 g/mol. The van der Waals surface area contributed by atoms with Crippen LogP contribution in [-0.2, 0) is 14.6 Å². The number of nitrogens with two attached hydrogens (primary N) is 1. The molecule has 1 aliphatic heterocycles. The Morgan fingerprint density at radius 1 is 1.32 bits per heavy atom. The third-order valence-electron chi connectivity index (χ3n) is 4.37. The quantitative estimate of drug-likeness (QED) is 0.887. The van der Waals surface area contributed by atoms with Gasteiger partial charge in [0.15, 0.2) is 9.84 Å². The van der Waals surface area contributed by atoms with Crippen LogP contribution in [0, 0.1) is 12.3 Å². The zero-order valence-electron chi connectivity index (χ0n) is 13.2. The highest BCUT2D eigenvalue weighted by atomic mass is 32.2. The molecule has 1 saturated heterocycles. The fraction of sp³-hybridized carbons (Fsp3) is 0.562. The number of sulfone groups is 1. The van der Waals surface area contributed by atoms with Crippen molar-refractivity contribution < 1.29 is 13.2 Å². The maximum absolute atomic E-state index is 12.3. The van der Waals surface area contributed by atoms with E-state index in [1.807, 2.05) is 6.92 Å². The van der Waals surface area contributed by atoms with Gasteiger partial charge in [-0.1, -0.05) is 24.6 Å². The van der Waals surface area contributed by atoms with E-state index in [2.05, 4.69) is 6.92 Å². The number of carbonyl (C=O) groups excluding carboxylic acids is 1. The molecule has 1 aliphatic rings. The second-order valence-corrected chi connectivity index (χ2v) is 8.57. The van der Waals surface area contributed by atoms with Crippen LogP contribution < -0.4 is 5.73 Å². The van der Waals surface area contributed by atoms with Gasteiger partial charge in [0.05, 0.1) is 10.6 Å². The highest BCUT2D eigenvalue weighted by Gasteiger charge is 2.34. The molecule has 22 heavy (non-hydrogen) atoms. The Morgan fingerprint density at radius 2 is 1.95 bits per heavy atom. The van der Waals surface area contributed by atoms with Crippen LogP contribution in [-0.4, -0.2) is 44.6 Å². The number of hydrogen-bond acceptors (Lipinski definition) is 4. The van der Waals surface area contributed by atoms with Gasteiger partial charge in [-0.15, -0.1) is 0 Å². The van der Waals surface area contributed by atoms with Crippen molar-refractivity contribution in [2.24, 2.45) is 11.1 Å². The van der Waals surface area contributed by atoms with Gasteiger partial charge < -0.3 is 10.6 Å². The molecule has 1 heterocycles. The van der Waals surface area contributed by atoms with E-state index in [-0.39, 0.29) is 28.4 Å². The van der Waals surface area contributed by atoms with Crippen LogP contribution in [0.2, 0.25) is 0 Å². The lowest BCUT2D eigenvalue weighted by molar-refractivity contribution is -0.130. The number of aryl methyl sites for hydroxylation is 1. The lowest BCUT2D eigenvalue weighted by Crippen LogP contribution is -2.35. The predicted molar refractivity (Wildman–Crippen MR) is 86.2 cm³/mol. The van der Waals surface area contributed by atoms with Crippen LogP contribution in [0.15, 0.2) is 29.2 Å². The molecule has 0 spiro atoms. The minimum atomic E-state index is -3.41. The van der Waals surface area contributed by atoms with Crippen LogP contribution in [0.5, 0.6) is 0 Å².